The van der Waals surface area contributed by atoms with Crippen molar-refractivity contribution in [1.29, 1.82) is 0 Å². The van der Waals surface area contributed by atoms with Gasteiger partial charge in [0.1, 0.15) is 5.75 Å². The monoisotopic (exact) mass is 351 g/mol. The van der Waals surface area contributed by atoms with E-state index >= 15 is 0 Å². The lowest BCUT2D eigenvalue weighted by Gasteiger charge is -2.16. The maximum absolute atomic E-state index is 12.0. The molecule has 2 N–H and O–H groups in total. The maximum atomic E-state index is 12.0. The Morgan fingerprint density at radius 3 is 2.50 bits per heavy atom. The summed E-state index contributed by atoms with van der Waals surface area (Å²) in [6.07, 6.45) is 4.09. The van der Waals surface area contributed by atoms with Crippen LogP contribution in [0.2, 0.25) is 0 Å². The number of carbonyl (C=O) groups is 1. The number of benzene rings is 2. The van der Waals surface area contributed by atoms with E-state index in [4.69, 9.17) is 4.74 Å². The smallest absolute Gasteiger partial charge is 0.332 e. The Hall–Kier alpha value is -3.01. The molecule has 4 nitrogen and oxygen atoms in total. The number of anilines is 1. The number of aromatic hydroxyl groups is 1. The summed E-state index contributed by atoms with van der Waals surface area (Å²) >= 11 is 0. The minimum absolute atomic E-state index is 0.219. The molecular formula is C22H25NO3. The summed E-state index contributed by atoms with van der Waals surface area (Å²) in [6.45, 7) is 6.12. The summed E-state index contributed by atoms with van der Waals surface area (Å²) in [5, 5.41) is 13.6. The lowest BCUT2D eigenvalue weighted by Crippen LogP contribution is -2.07. The van der Waals surface area contributed by atoms with Crippen LogP contribution in [0, 0.1) is 0 Å². The van der Waals surface area contributed by atoms with Gasteiger partial charge in [0.05, 0.1) is 12.3 Å². The fraction of sp³-hybridized carbons (Fsp3) is 0.227. The van der Waals surface area contributed by atoms with Crippen molar-refractivity contribution in [2.24, 2.45) is 0 Å². The van der Waals surface area contributed by atoms with Crippen molar-refractivity contribution in [3.05, 3.63) is 77.4 Å². The average Bonchev–Trinajstić information content (AvgIpc) is 2.61. The van der Waals surface area contributed by atoms with Gasteiger partial charge >= 0.3 is 5.97 Å². The first kappa shape index (κ1) is 19.3. The standard InChI is InChI=1S/C22H25NO3/c1-4-26-22(25)15-20(17-9-6-5-7-10-17)23-19-11-8-12-21(24)18(19)14-13-16(2)3/h5-13,15,23-24H,4,14H2,1-3H3. The molecule has 0 aliphatic rings. The summed E-state index contributed by atoms with van der Waals surface area (Å²) in [4.78, 5) is 12.0. The highest BCUT2D eigenvalue weighted by Crippen LogP contribution is 2.29. The zero-order valence-corrected chi connectivity index (χ0v) is 15.5. The van der Waals surface area contributed by atoms with Crippen LogP contribution in [0.5, 0.6) is 5.75 Å². The van der Waals surface area contributed by atoms with E-state index in [0.717, 1.165) is 16.8 Å². The molecule has 0 aliphatic carbocycles. The van der Waals surface area contributed by atoms with E-state index in [1.807, 2.05) is 50.2 Å². The van der Waals surface area contributed by atoms with Gasteiger partial charge in [-0.05, 0) is 44.9 Å². The van der Waals surface area contributed by atoms with Gasteiger partial charge in [-0.25, -0.2) is 4.79 Å². The van der Waals surface area contributed by atoms with Crippen LogP contribution in [0.3, 0.4) is 0 Å². The summed E-state index contributed by atoms with van der Waals surface area (Å²) in [5.74, 6) is -0.194. The number of hydrogen-bond donors (Lipinski definition) is 2. The van der Waals surface area contributed by atoms with Gasteiger partial charge in [0, 0.05) is 17.3 Å². The molecule has 0 aromatic heterocycles. The Morgan fingerprint density at radius 2 is 1.85 bits per heavy atom. The Morgan fingerprint density at radius 1 is 1.12 bits per heavy atom. The van der Waals surface area contributed by atoms with Crippen LogP contribution < -0.4 is 5.32 Å². The molecule has 0 amide bonds. The molecule has 0 spiro atoms. The maximum Gasteiger partial charge on any atom is 0.332 e. The van der Waals surface area contributed by atoms with Crippen LogP contribution in [0.15, 0.2) is 66.3 Å². The summed E-state index contributed by atoms with van der Waals surface area (Å²) in [6, 6.07) is 14.9. The molecule has 2 aromatic rings. The number of allylic oxidation sites excluding steroid dienone is 2. The van der Waals surface area contributed by atoms with Gasteiger partial charge in [0.25, 0.3) is 0 Å². The number of phenolic OH excluding ortho intramolecular Hbond substituents is 1. The van der Waals surface area contributed by atoms with E-state index in [2.05, 4.69) is 11.4 Å². The molecule has 0 saturated heterocycles. The third kappa shape index (κ3) is 5.52. The van der Waals surface area contributed by atoms with Gasteiger partial charge in [-0.3, -0.25) is 0 Å². The largest absolute Gasteiger partial charge is 0.508 e. The first-order valence-electron chi connectivity index (χ1n) is 8.66. The van der Waals surface area contributed by atoms with Crippen LogP contribution >= 0.6 is 0 Å². The first-order chi connectivity index (χ1) is 12.5. The van der Waals surface area contributed by atoms with E-state index in [0.29, 0.717) is 18.7 Å². The number of carbonyl (C=O) groups excluding carboxylic acids is 1. The third-order valence-corrected chi connectivity index (χ3v) is 3.77. The lowest BCUT2D eigenvalue weighted by molar-refractivity contribution is -0.137. The molecule has 0 radical (unpaired) electrons. The number of nitrogens with one attached hydrogen (secondary N) is 1. The van der Waals surface area contributed by atoms with Crippen molar-refractivity contribution in [1.82, 2.24) is 0 Å². The fourth-order valence-corrected chi connectivity index (χ4v) is 2.47. The Kier molecular flexibility index (Phi) is 7.03. The Bertz CT molecular complexity index is 803. The van der Waals surface area contributed by atoms with Gasteiger partial charge in [0.15, 0.2) is 0 Å². The second-order valence-electron chi connectivity index (χ2n) is 6.09. The Balaban J connectivity index is 2.41. The molecule has 0 atom stereocenters. The molecule has 0 fully saturated rings. The normalized spacial score (nSPS) is 11.0. The fourth-order valence-electron chi connectivity index (χ4n) is 2.47. The van der Waals surface area contributed by atoms with E-state index in [1.165, 1.54) is 11.6 Å². The van der Waals surface area contributed by atoms with Gasteiger partial charge < -0.3 is 15.2 Å². The minimum Gasteiger partial charge on any atom is -0.508 e. The van der Waals surface area contributed by atoms with Crippen LogP contribution in [0.1, 0.15) is 31.9 Å². The molecule has 136 valence electrons. The first-order valence-corrected chi connectivity index (χ1v) is 8.66. The molecule has 4 heteroatoms. The van der Waals surface area contributed by atoms with Gasteiger partial charge in [-0.15, -0.1) is 0 Å². The van der Waals surface area contributed by atoms with Gasteiger partial charge in [-0.1, -0.05) is 48.0 Å². The number of esters is 1. The molecule has 0 saturated carbocycles. The molecule has 0 bridgehead atoms. The van der Waals surface area contributed by atoms with Crippen LogP contribution in [-0.2, 0) is 16.0 Å². The predicted octanol–water partition coefficient (Wildman–Crippen LogP) is 4.92. The minimum atomic E-state index is -0.412. The highest BCUT2D eigenvalue weighted by atomic mass is 16.5. The van der Waals surface area contributed by atoms with Crippen molar-refractivity contribution in [3.63, 3.8) is 0 Å². The van der Waals surface area contributed by atoms with Crippen molar-refractivity contribution in [2.75, 3.05) is 11.9 Å². The second kappa shape index (κ2) is 9.47. The van der Waals surface area contributed by atoms with E-state index in [1.54, 1.807) is 19.1 Å². The quantitative estimate of drug-likeness (QED) is 0.422. The highest BCUT2D eigenvalue weighted by Gasteiger charge is 2.11. The van der Waals surface area contributed by atoms with Crippen molar-refractivity contribution >= 4 is 17.4 Å². The molecule has 2 aromatic carbocycles. The topological polar surface area (TPSA) is 58.6 Å². The third-order valence-electron chi connectivity index (χ3n) is 3.77. The van der Waals surface area contributed by atoms with Crippen LogP contribution in [-0.4, -0.2) is 17.7 Å². The lowest BCUT2D eigenvalue weighted by atomic mass is 10.0. The molecule has 26 heavy (non-hydrogen) atoms. The zero-order chi connectivity index (χ0) is 18.9. The molecule has 2 rings (SSSR count). The predicted molar refractivity (Wildman–Crippen MR) is 106 cm³/mol. The number of ether oxygens (including phenoxy) is 1. The molecule has 0 unspecified atom stereocenters. The Labute approximate surface area is 154 Å². The zero-order valence-electron chi connectivity index (χ0n) is 15.5. The van der Waals surface area contributed by atoms with Crippen molar-refractivity contribution in [3.8, 4) is 5.75 Å². The molecule has 0 aliphatic heterocycles. The van der Waals surface area contributed by atoms with Crippen LogP contribution in [0.4, 0.5) is 5.69 Å². The van der Waals surface area contributed by atoms with E-state index < -0.39 is 5.97 Å². The SMILES string of the molecule is CCOC(=O)C=C(Nc1cccc(O)c1CC=C(C)C)c1ccccc1. The van der Waals surface area contributed by atoms with E-state index in [-0.39, 0.29) is 5.75 Å². The number of phenols is 1. The summed E-state index contributed by atoms with van der Waals surface area (Å²) in [7, 11) is 0. The summed E-state index contributed by atoms with van der Waals surface area (Å²) < 4.78 is 5.05. The summed E-state index contributed by atoms with van der Waals surface area (Å²) in [5.41, 5.74) is 4.18. The number of hydrogen-bond acceptors (Lipinski definition) is 4. The molecule has 0 heterocycles. The van der Waals surface area contributed by atoms with Gasteiger partial charge in [0.2, 0.25) is 0 Å². The van der Waals surface area contributed by atoms with E-state index in [9.17, 15) is 9.90 Å². The highest BCUT2D eigenvalue weighted by molar-refractivity contribution is 5.94. The van der Waals surface area contributed by atoms with Gasteiger partial charge in [-0.2, -0.15) is 0 Å². The average molecular weight is 351 g/mol. The number of rotatable bonds is 7. The van der Waals surface area contributed by atoms with Crippen LogP contribution in [0.25, 0.3) is 5.70 Å². The second-order valence-corrected chi connectivity index (χ2v) is 6.09. The van der Waals surface area contributed by atoms with Crippen molar-refractivity contribution in [2.45, 2.75) is 27.2 Å². The van der Waals surface area contributed by atoms with Crippen molar-refractivity contribution < 1.29 is 14.6 Å². The molecular weight excluding hydrogens is 326 g/mol.